The summed E-state index contributed by atoms with van der Waals surface area (Å²) >= 11 is 0. The number of carbonyl (C=O) groups excluding carboxylic acids is 4. The van der Waals surface area contributed by atoms with Gasteiger partial charge in [-0.2, -0.15) is 0 Å². The van der Waals surface area contributed by atoms with Crippen molar-refractivity contribution in [3.8, 4) is 0 Å². The lowest BCUT2D eigenvalue weighted by Crippen LogP contribution is -2.30. The maximum atomic E-state index is 12.9. The Morgan fingerprint density at radius 2 is 0.630 bits per heavy atom. The molecule has 0 aromatic rings. The van der Waals surface area contributed by atoms with Crippen molar-refractivity contribution in [1.29, 1.82) is 0 Å². The third-order valence-corrected chi connectivity index (χ3v) is 16.5. The molecule has 0 saturated carbocycles. The van der Waals surface area contributed by atoms with Gasteiger partial charge in [-0.25, -0.2) is 9.13 Å². The highest BCUT2D eigenvalue weighted by molar-refractivity contribution is 7.47. The number of ether oxygens (including phenoxy) is 4. The molecule has 19 heteroatoms. The fraction of sp³-hybridized carbons (Fsp3) is 0.935. The second-order valence-electron chi connectivity index (χ2n) is 23.2. The number of rotatable bonds is 61. The van der Waals surface area contributed by atoms with Gasteiger partial charge in [0.05, 0.1) is 26.4 Å². The molecule has 3 unspecified atom stereocenters. The quantitative estimate of drug-likeness (QED) is 0.0222. The molecule has 0 aliphatic heterocycles. The maximum absolute atomic E-state index is 12.9. The molecule has 0 rings (SSSR count). The van der Waals surface area contributed by atoms with E-state index in [0.29, 0.717) is 31.6 Å². The van der Waals surface area contributed by atoms with Gasteiger partial charge in [0.1, 0.15) is 19.3 Å². The molecule has 0 radical (unpaired) electrons. The molecule has 0 saturated heterocycles. The summed E-state index contributed by atoms with van der Waals surface area (Å²) in [6, 6.07) is 0. The maximum Gasteiger partial charge on any atom is 0.472 e. The Morgan fingerprint density at radius 1 is 0.358 bits per heavy atom. The number of unbranched alkanes of at least 4 members (excludes halogenated alkanes) is 30. The normalized spacial score (nSPS) is 14.7. The Balaban J connectivity index is 5.16. The zero-order chi connectivity index (χ0) is 60.1. The van der Waals surface area contributed by atoms with Crippen molar-refractivity contribution in [3.05, 3.63) is 0 Å². The van der Waals surface area contributed by atoms with Gasteiger partial charge in [-0.3, -0.25) is 37.3 Å². The predicted octanol–water partition coefficient (Wildman–Crippen LogP) is 16.9. The van der Waals surface area contributed by atoms with Crippen molar-refractivity contribution < 1.29 is 80.2 Å². The number of carbonyl (C=O) groups is 4. The summed E-state index contributed by atoms with van der Waals surface area (Å²) in [6.07, 6.45) is 36.7. The number of aliphatic hydroxyl groups excluding tert-OH is 1. The summed E-state index contributed by atoms with van der Waals surface area (Å²) in [4.78, 5) is 71.8. The first-order valence-electron chi connectivity index (χ1n) is 32.5. The number of phosphoric ester groups is 2. The molecule has 6 atom stereocenters. The van der Waals surface area contributed by atoms with Gasteiger partial charge in [-0.15, -0.1) is 0 Å². The van der Waals surface area contributed by atoms with E-state index in [9.17, 15) is 43.2 Å². The largest absolute Gasteiger partial charge is 0.472 e. The third kappa shape index (κ3) is 55.7. The van der Waals surface area contributed by atoms with Crippen LogP contribution in [0.15, 0.2) is 0 Å². The van der Waals surface area contributed by atoms with Crippen LogP contribution in [0.4, 0.5) is 0 Å². The highest BCUT2D eigenvalue weighted by Crippen LogP contribution is 2.45. The van der Waals surface area contributed by atoms with Gasteiger partial charge in [-0.05, 0) is 37.5 Å². The van der Waals surface area contributed by atoms with Gasteiger partial charge in [0.15, 0.2) is 12.2 Å². The van der Waals surface area contributed by atoms with E-state index in [1.54, 1.807) is 0 Å². The molecule has 0 fully saturated rings. The van der Waals surface area contributed by atoms with Crippen molar-refractivity contribution in [2.75, 3.05) is 39.6 Å². The van der Waals surface area contributed by atoms with Crippen molar-refractivity contribution >= 4 is 39.5 Å². The van der Waals surface area contributed by atoms with Crippen LogP contribution in [0.25, 0.3) is 0 Å². The zero-order valence-electron chi connectivity index (χ0n) is 52.1. The van der Waals surface area contributed by atoms with Crippen molar-refractivity contribution in [2.45, 2.75) is 323 Å². The third-order valence-electron chi connectivity index (χ3n) is 14.6. The lowest BCUT2D eigenvalue weighted by atomic mass is 10.00. The van der Waals surface area contributed by atoms with Crippen LogP contribution in [0, 0.1) is 11.8 Å². The van der Waals surface area contributed by atoms with E-state index < -0.39 is 97.5 Å². The summed E-state index contributed by atoms with van der Waals surface area (Å²) < 4.78 is 67.7. The fourth-order valence-corrected chi connectivity index (χ4v) is 10.7. The van der Waals surface area contributed by atoms with E-state index in [2.05, 4.69) is 41.5 Å². The average Bonchev–Trinajstić information content (AvgIpc) is 3.43. The van der Waals surface area contributed by atoms with Gasteiger partial charge in [0.2, 0.25) is 0 Å². The Hall–Kier alpha value is -1.94. The second-order valence-corrected chi connectivity index (χ2v) is 26.1. The van der Waals surface area contributed by atoms with E-state index in [1.165, 1.54) is 109 Å². The minimum atomic E-state index is -4.94. The number of esters is 4. The molecule has 17 nitrogen and oxygen atoms in total. The van der Waals surface area contributed by atoms with Crippen LogP contribution < -0.4 is 0 Å². The van der Waals surface area contributed by atoms with Crippen LogP contribution in [0.1, 0.15) is 305 Å². The lowest BCUT2D eigenvalue weighted by Gasteiger charge is -2.21. The van der Waals surface area contributed by atoms with Crippen LogP contribution in [0.5, 0.6) is 0 Å². The minimum absolute atomic E-state index is 0.102. The Morgan fingerprint density at radius 3 is 0.938 bits per heavy atom. The zero-order valence-corrected chi connectivity index (χ0v) is 53.9. The van der Waals surface area contributed by atoms with Crippen molar-refractivity contribution in [3.63, 3.8) is 0 Å². The molecule has 0 aromatic heterocycles. The molecule has 0 spiro atoms. The highest BCUT2D eigenvalue weighted by atomic mass is 31.2. The van der Waals surface area contributed by atoms with E-state index in [0.717, 1.165) is 109 Å². The first-order valence-corrected chi connectivity index (χ1v) is 35.5. The standard InChI is InChI=1S/C62H120O17P2/c1-7-10-12-14-15-16-17-18-19-20-21-22-23-26-34-40-46-61(66)78-58(51-73-60(65)45-39-33-27-24-25-31-36-42-54(4)5)53-77-81(70,71)75-49-56(63)48-74-80(68,69)76-52-57(50-72-59(64)44-38-30-13-11-8-2)79-62(67)47-41-35-29-28-32-37-43-55(6)9-3/h54-58,63H,7-53H2,1-6H3,(H,68,69)(H,70,71)/t55?,56-,57+,58+/m0/s1. The second kappa shape index (κ2) is 54.7. The summed E-state index contributed by atoms with van der Waals surface area (Å²) in [5.74, 6) is -0.724. The van der Waals surface area contributed by atoms with Crippen LogP contribution in [0.2, 0.25) is 0 Å². The molecular formula is C62H120O17P2. The smallest absolute Gasteiger partial charge is 0.462 e. The van der Waals surface area contributed by atoms with Gasteiger partial charge in [-0.1, -0.05) is 253 Å². The minimum Gasteiger partial charge on any atom is -0.462 e. The topological polar surface area (TPSA) is 237 Å². The number of hydrogen-bond donors (Lipinski definition) is 3. The van der Waals surface area contributed by atoms with Gasteiger partial charge in [0.25, 0.3) is 0 Å². The average molecular weight is 1200 g/mol. The van der Waals surface area contributed by atoms with Crippen molar-refractivity contribution in [2.24, 2.45) is 11.8 Å². The summed E-state index contributed by atoms with van der Waals surface area (Å²) in [6.45, 7) is 9.29. The summed E-state index contributed by atoms with van der Waals surface area (Å²) in [5.41, 5.74) is 0. The van der Waals surface area contributed by atoms with Gasteiger partial charge < -0.3 is 33.8 Å². The van der Waals surface area contributed by atoms with Crippen LogP contribution in [-0.2, 0) is 65.4 Å². The molecule has 81 heavy (non-hydrogen) atoms. The van der Waals surface area contributed by atoms with Gasteiger partial charge >= 0.3 is 39.5 Å². The highest BCUT2D eigenvalue weighted by Gasteiger charge is 2.30. The first kappa shape index (κ1) is 79.1. The molecule has 0 amide bonds. The molecule has 0 heterocycles. The van der Waals surface area contributed by atoms with Crippen molar-refractivity contribution in [1.82, 2.24) is 0 Å². The van der Waals surface area contributed by atoms with E-state index >= 15 is 0 Å². The number of hydrogen-bond acceptors (Lipinski definition) is 15. The predicted molar refractivity (Wildman–Crippen MR) is 321 cm³/mol. The number of aliphatic hydroxyl groups is 1. The Labute approximate surface area is 492 Å². The van der Waals surface area contributed by atoms with E-state index in [-0.39, 0.29) is 25.7 Å². The fourth-order valence-electron chi connectivity index (χ4n) is 9.15. The molecule has 480 valence electrons. The molecule has 3 N–H and O–H groups in total. The summed E-state index contributed by atoms with van der Waals surface area (Å²) in [7, 11) is -9.87. The first-order chi connectivity index (χ1) is 38.9. The molecule has 0 aromatic carbocycles. The molecule has 0 bridgehead atoms. The van der Waals surface area contributed by atoms with Crippen LogP contribution >= 0.6 is 15.6 Å². The SMILES string of the molecule is CCCCCCCCCCCCCCCCCCC(=O)O[C@H](COC(=O)CCCCCCCCCC(C)C)COP(=O)(O)OC[C@@H](O)COP(=O)(O)OC[C@@H](COC(=O)CCCCCCC)OC(=O)CCCCCCCCC(C)CC. The monoisotopic (exact) mass is 1200 g/mol. The Bertz CT molecular complexity index is 1600. The number of phosphoric acid groups is 2. The van der Waals surface area contributed by atoms with E-state index in [4.69, 9.17) is 37.0 Å². The molecule has 0 aliphatic carbocycles. The van der Waals surface area contributed by atoms with Crippen LogP contribution in [0.3, 0.4) is 0 Å². The van der Waals surface area contributed by atoms with E-state index in [1.807, 2.05) is 0 Å². The molecule has 0 aliphatic rings. The Kier molecular flexibility index (Phi) is 53.4. The van der Waals surface area contributed by atoms with Crippen LogP contribution in [-0.4, -0.2) is 96.7 Å². The lowest BCUT2D eigenvalue weighted by molar-refractivity contribution is -0.161. The van der Waals surface area contributed by atoms with Gasteiger partial charge in [0, 0.05) is 25.7 Å². The summed E-state index contributed by atoms with van der Waals surface area (Å²) in [5, 5.41) is 10.5. The molecular weight excluding hydrogens is 1080 g/mol.